The molecule has 0 unspecified atom stereocenters. The molecule has 0 N–H and O–H groups in total. The molecule has 11 aromatic rings. The minimum atomic E-state index is -0.503. The molecular weight excluding hydrogens is 755 g/mol. The van der Waals surface area contributed by atoms with Gasteiger partial charge in [-0.05, 0) is 115 Å². The van der Waals surface area contributed by atoms with Crippen molar-refractivity contribution in [2.24, 2.45) is 0 Å². The highest BCUT2D eigenvalue weighted by Gasteiger charge is 2.47. The molecule has 0 fully saturated rings. The Bertz CT molecular complexity index is 3380. The van der Waals surface area contributed by atoms with Crippen LogP contribution in [0.4, 0.5) is 17.1 Å². The third-order valence-electron chi connectivity index (χ3n) is 12.7. The highest BCUT2D eigenvalue weighted by Crippen LogP contribution is 2.59. The topological polar surface area (TPSA) is 3.24 Å². The molecule has 286 valence electrons. The van der Waals surface area contributed by atoms with Crippen LogP contribution in [0.15, 0.2) is 237 Å². The first-order chi connectivity index (χ1) is 30.2. The van der Waals surface area contributed by atoms with Crippen molar-refractivity contribution in [2.75, 3.05) is 4.90 Å². The second kappa shape index (κ2) is 14.3. The van der Waals surface area contributed by atoms with E-state index in [4.69, 9.17) is 0 Å². The van der Waals surface area contributed by atoms with Crippen molar-refractivity contribution in [2.45, 2.75) is 5.41 Å². The highest BCUT2D eigenvalue weighted by molar-refractivity contribution is 7.25. The normalized spacial score (nSPS) is 12.7. The van der Waals surface area contributed by atoms with E-state index < -0.39 is 5.41 Å². The van der Waals surface area contributed by atoms with Crippen LogP contribution in [0.1, 0.15) is 22.3 Å². The lowest BCUT2D eigenvalue weighted by Gasteiger charge is -2.34. The lowest BCUT2D eigenvalue weighted by molar-refractivity contribution is 0.768. The van der Waals surface area contributed by atoms with Gasteiger partial charge in [-0.15, -0.1) is 11.3 Å². The van der Waals surface area contributed by atoms with Crippen LogP contribution in [-0.2, 0) is 5.41 Å². The molecule has 0 aliphatic heterocycles. The largest absolute Gasteiger partial charge is 0.310 e. The molecule has 1 aliphatic rings. The Balaban J connectivity index is 1.08. The Kier molecular flexibility index (Phi) is 8.33. The lowest BCUT2D eigenvalue weighted by Crippen LogP contribution is -2.28. The molecule has 1 heterocycles. The second-order valence-electron chi connectivity index (χ2n) is 16.0. The average Bonchev–Trinajstić information content (AvgIpc) is 3.86. The van der Waals surface area contributed by atoms with Gasteiger partial charge in [0.1, 0.15) is 0 Å². The van der Waals surface area contributed by atoms with Crippen molar-refractivity contribution in [3.8, 4) is 33.4 Å². The van der Waals surface area contributed by atoms with Gasteiger partial charge >= 0.3 is 0 Å². The van der Waals surface area contributed by atoms with E-state index in [1.165, 1.54) is 86.6 Å². The second-order valence-corrected chi connectivity index (χ2v) is 17.1. The summed E-state index contributed by atoms with van der Waals surface area (Å²) in [6.07, 6.45) is 0. The summed E-state index contributed by atoms with van der Waals surface area (Å²) in [6, 6.07) is 87.4. The summed E-state index contributed by atoms with van der Waals surface area (Å²) in [5, 5.41) is 5.11. The molecule has 0 saturated carbocycles. The molecule has 0 spiro atoms. The standard InChI is InChI=1S/C59H39NS/c1-3-18-46(19-4-1)59(47-20-5-2-6-21-47)53-25-11-9-24-51(53)58-54(59)26-14-27-55(58)60(48-34-31-41(32-35-48)44-30-29-40-15-7-8-16-42(40)37-44)49-22-13-17-43(38-49)45-33-36-57-52(39-45)50-23-10-12-28-56(50)61-57/h1-39H. The van der Waals surface area contributed by atoms with Crippen LogP contribution in [0.5, 0.6) is 0 Å². The maximum atomic E-state index is 2.48. The van der Waals surface area contributed by atoms with E-state index in [2.05, 4.69) is 241 Å². The van der Waals surface area contributed by atoms with E-state index in [9.17, 15) is 0 Å². The number of nitrogens with zero attached hydrogens (tertiary/aromatic N) is 1. The fourth-order valence-electron chi connectivity index (χ4n) is 9.99. The summed E-state index contributed by atoms with van der Waals surface area (Å²) in [5.74, 6) is 0. The summed E-state index contributed by atoms with van der Waals surface area (Å²) < 4.78 is 2.63. The number of benzene rings is 10. The minimum Gasteiger partial charge on any atom is -0.310 e. The molecule has 1 aromatic heterocycles. The van der Waals surface area contributed by atoms with Gasteiger partial charge in [0.05, 0.1) is 11.1 Å². The van der Waals surface area contributed by atoms with Gasteiger partial charge in [-0.25, -0.2) is 0 Å². The fraction of sp³-hybridized carbons (Fsp3) is 0.0169. The minimum absolute atomic E-state index is 0.503. The lowest BCUT2D eigenvalue weighted by atomic mass is 9.68. The molecule has 0 saturated heterocycles. The van der Waals surface area contributed by atoms with Crippen LogP contribution in [-0.4, -0.2) is 0 Å². The first-order valence-corrected chi connectivity index (χ1v) is 21.8. The van der Waals surface area contributed by atoms with E-state index in [0.29, 0.717) is 0 Å². The predicted molar refractivity (Wildman–Crippen MR) is 260 cm³/mol. The van der Waals surface area contributed by atoms with Gasteiger partial charge in [0.15, 0.2) is 0 Å². The van der Waals surface area contributed by atoms with Crippen LogP contribution in [0.25, 0.3) is 64.3 Å². The zero-order valence-electron chi connectivity index (χ0n) is 33.4. The smallest absolute Gasteiger partial charge is 0.0714 e. The Morgan fingerprint density at radius 2 is 0.951 bits per heavy atom. The Labute approximate surface area is 360 Å². The molecule has 0 amide bonds. The third kappa shape index (κ3) is 5.68. The quantitative estimate of drug-likeness (QED) is 0.155. The molecule has 12 rings (SSSR count). The van der Waals surface area contributed by atoms with E-state index in [1.54, 1.807) is 0 Å². The number of anilines is 3. The van der Waals surface area contributed by atoms with Gasteiger partial charge < -0.3 is 4.90 Å². The average molecular weight is 794 g/mol. The van der Waals surface area contributed by atoms with Gasteiger partial charge in [0, 0.05) is 37.1 Å². The van der Waals surface area contributed by atoms with Gasteiger partial charge in [-0.3, -0.25) is 0 Å². The summed E-state index contributed by atoms with van der Waals surface area (Å²) in [5.41, 5.74) is 15.2. The SMILES string of the molecule is c1ccc(C2(c3ccccc3)c3ccccc3-c3c(N(c4ccc(-c5ccc6ccccc6c5)cc4)c4cccc(-c5ccc6sc7ccccc7c6c5)c4)cccc32)cc1. The summed E-state index contributed by atoms with van der Waals surface area (Å²) in [4.78, 5) is 2.48. The van der Waals surface area contributed by atoms with Crippen molar-refractivity contribution in [1.29, 1.82) is 0 Å². The summed E-state index contributed by atoms with van der Waals surface area (Å²) in [7, 11) is 0. The molecule has 2 heteroatoms. The van der Waals surface area contributed by atoms with Crippen molar-refractivity contribution in [3.05, 3.63) is 259 Å². The predicted octanol–water partition coefficient (Wildman–Crippen LogP) is 16.4. The zero-order valence-corrected chi connectivity index (χ0v) is 34.2. The maximum absolute atomic E-state index is 2.48. The molecule has 0 radical (unpaired) electrons. The number of rotatable bonds is 7. The molecular formula is C59H39NS. The third-order valence-corrected chi connectivity index (χ3v) is 13.9. The van der Waals surface area contributed by atoms with E-state index >= 15 is 0 Å². The maximum Gasteiger partial charge on any atom is 0.0714 e. The van der Waals surface area contributed by atoms with Gasteiger partial charge in [0.2, 0.25) is 0 Å². The van der Waals surface area contributed by atoms with Crippen molar-refractivity contribution < 1.29 is 0 Å². The summed E-state index contributed by atoms with van der Waals surface area (Å²) in [6.45, 7) is 0. The zero-order chi connectivity index (χ0) is 40.3. The first kappa shape index (κ1) is 35.4. The highest BCUT2D eigenvalue weighted by atomic mass is 32.1. The Hall–Kier alpha value is -7.52. The number of hydrogen-bond acceptors (Lipinski definition) is 2. The molecule has 10 aromatic carbocycles. The van der Waals surface area contributed by atoms with Crippen molar-refractivity contribution in [1.82, 2.24) is 0 Å². The van der Waals surface area contributed by atoms with E-state index in [0.717, 1.165) is 17.1 Å². The number of fused-ring (bicyclic) bond motifs is 7. The fourth-order valence-corrected chi connectivity index (χ4v) is 11.1. The van der Waals surface area contributed by atoms with Crippen molar-refractivity contribution >= 4 is 59.3 Å². The van der Waals surface area contributed by atoms with Gasteiger partial charge in [0.25, 0.3) is 0 Å². The van der Waals surface area contributed by atoms with E-state index in [-0.39, 0.29) is 0 Å². The van der Waals surface area contributed by atoms with E-state index in [1.807, 2.05) is 11.3 Å². The van der Waals surface area contributed by atoms with Gasteiger partial charge in [-0.1, -0.05) is 182 Å². The van der Waals surface area contributed by atoms with Crippen LogP contribution in [0.3, 0.4) is 0 Å². The van der Waals surface area contributed by atoms with Crippen LogP contribution < -0.4 is 4.90 Å². The molecule has 1 nitrogen and oxygen atoms in total. The Morgan fingerprint density at radius 1 is 0.344 bits per heavy atom. The molecule has 61 heavy (non-hydrogen) atoms. The van der Waals surface area contributed by atoms with Crippen molar-refractivity contribution in [3.63, 3.8) is 0 Å². The number of hydrogen-bond donors (Lipinski definition) is 0. The molecule has 0 bridgehead atoms. The van der Waals surface area contributed by atoms with Gasteiger partial charge in [-0.2, -0.15) is 0 Å². The van der Waals surface area contributed by atoms with Crippen LogP contribution in [0.2, 0.25) is 0 Å². The van der Waals surface area contributed by atoms with Crippen LogP contribution >= 0.6 is 11.3 Å². The number of thiophene rings is 1. The first-order valence-electron chi connectivity index (χ1n) is 21.0. The Morgan fingerprint density at radius 3 is 1.77 bits per heavy atom. The molecule has 1 aliphatic carbocycles. The molecule has 0 atom stereocenters. The summed E-state index contributed by atoms with van der Waals surface area (Å²) >= 11 is 1.86. The van der Waals surface area contributed by atoms with Crippen LogP contribution in [0, 0.1) is 0 Å². The monoisotopic (exact) mass is 793 g/mol.